The molecule has 0 radical (unpaired) electrons. The SMILES string of the molecule is N#Cc1cc(Cl)cc2cc(S)sc12. The smallest absolute Gasteiger partial charge is 0.101 e. The normalized spacial score (nSPS) is 10.2. The van der Waals surface area contributed by atoms with E-state index in [1.165, 1.54) is 11.3 Å². The fourth-order valence-electron chi connectivity index (χ4n) is 1.19. The van der Waals surface area contributed by atoms with Crippen LogP contribution in [0.4, 0.5) is 0 Å². The Balaban J connectivity index is 2.90. The molecule has 4 heteroatoms. The molecule has 0 N–H and O–H groups in total. The molecule has 0 aliphatic heterocycles. The van der Waals surface area contributed by atoms with Crippen molar-refractivity contribution < 1.29 is 0 Å². The van der Waals surface area contributed by atoms with E-state index >= 15 is 0 Å². The molecule has 2 rings (SSSR count). The zero-order chi connectivity index (χ0) is 9.42. The first-order valence-electron chi connectivity index (χ1n) is 3.53. The van der Waals surface area contributed by atoms with E-state index in [1.54, 1.807) is 6.07 Å². The Morgan fingerprint density at radius 1 is 1.38 bits per heavy atom. The Hall–Kier alpha value is -0.690. The van der Waals surface area contributed by atoms with Gasteiger partial charge < -0.3 is 0 Å². The van der Waals surface area contributed by atoms with Gasteiger partial charge in [-0.25, -0.2) is 0 Å². The van der Waals surface area contributed by atoms with Gasteiger partial charge in [0.1, 0.15) is 6.07 Å². The summed E-state index contributed by atoms with van der Waals surface area (Å²) in [5.41, 5.74) is 0.618. The molecule has 0 aliphatic rings. The summed E-state index contributed by atoms with van der Waals surface area (Å²) in [5.74, 6) is 0. The van der Waals surface area contributed by atoms with Crippen LogP contribution < -0.4 is 0 Å². The van der Waals surface area contributed by atoms with E-state index < -0.39 is 0 Å². The van der Waals surface area contributed by atoms with Crippen LogP contribution >= 0.6 is 35.6 Å². The molecule has 0 aliphatic carbocycles. The zero-order valence-electron chi connectivity index (χ0n) is 6.41. The second kappa shape index (κ2) is 3.22. The molecule has 1 aromatic carbocycles. The van der Waals surface area contributed by atoms with E-state index in [0.717, 1.165) is 14.3 Å². The van der Waals surface area contributed by atoms with Gasteiger partial charge in [-0.3, -0.25) is 0 Å². The molecular formula is C9H4ClNS2. The van der Waals surface area contributed by atoms with Gasteiger partial charge in [0.25, 0.3) is 0 Å². The van der Waals surface area contributed by atoms with E-state index in [2.05, 4.69) is 18.7 Å². The average Bonchev–Trinajstić information content (AvgIpc) is 2.43. The molecule has 0 bridgehead atoms. The molecule has 0 saturated heterocycles. The van der Waals surface area contributed by atoms with Crippen molar-refractivity contribution in [3.05, 3.63) is 28.8 Å². The van der Waals surface area contributed by atoms with Crippen molar-refractivity contribution in [1.29, 1.82) is 5.26 Å². The average molecular weight is 226 g/mol. The van der Waals surface area contributed by atoms with Gasteiger partial charge in [0.15, 0.2) is 0 Å². The number of hydrogen-bond acceptors (Lipinski definition) is 3. The monoisotopic (exact) mass is 225 g/mol. The van der Waals surface area contributed by atoms with Crippen molar-refractivity contribution in [2.75, 3.05) is 0 Å². The van der Waals surface area contributed by atoms with E-state index in [-0.39, 0.29) is 0 Å². The summed E-state index contributed by atoms with van der Waals surface area (Å²) in [5, 5.41) is 10.4. The molecule has 0 atom stereocenters. The molecule has 13 heavy (non-hydrogen) atoms. The fourth-order valence-corrected chi connectivity index (χ4v) is 2.67. The van der Waals surface area contributed by atoms with Crippen LogP contribution in [0.15, 0.2) is 22.4 Å². The molecule has 0 amide bonds. The minimum absolute atomic E-state index is 0.593. The Morgan fingerprint density at radius 2 is 2.15 bits per heavy atom. The third kappa shape index (κ3) is 1.53. The molecule has 1 heterocycles. The van der Waals surface area contributed by atoms with E-state index in [9.17, 15) is 0 Å². The zero-order valence-corrected chi connectivity index (χ0v) is 8.88. The number of benzene rings is 1. The lowest BCUT2D eigenvalue weighted by Crippen LogP contribution is -1.73. The lowest BCUT2D eigenvalue weighted by molar-refractivity contribution is 1.51. The number of halogens is 1. The molecule has 2 aromatic rings. The molecule has 0 unspecified atom stereocenters. The van der Waals surface area contributed by atoms with Crippen LogP contribution in [-0.4, -0.2) is 0 Å². The van der Waals surface area contributed by atoms with Gasteiger partial charge in [0.2, 0.25) is 0 Å². The van der Waals surface area contributed by atoms with Crippen molar-refractivity contribution >= 4 is 45.7 Å². The first kappa shape index (κ1) is 8.89. The Kier molecular flexibility index (Phi) is 2.20. The van der Waals surface area contributed by atoms with Crippen molar-refractivity contribution in [2.45, 2.75) is 4.21 Å². The summed E-state index contributed by atoms with van der Waals surface area (Å²) in [6.45, 7) is 0. The second-order valence-corrected chi connectivity index (χ2v) is 4.84. The number of fused-ring (bicyclic) bond motifs is 1. The minimum atomic E-state index is 0.593. The number of hydrogen-bond donors (Lipinski definition) is 1. The van der Waals surface area contributed by atoms with Crippen LogP contribution in [0, 0.1) is 11.3 Å². The van der Waals surface area contributed by atoms with Gasteiger partial charge in [-0.1, -0.05) is 11.6 Å². The van der Waals surface area contributed by atoms with E-state index in [1.807, 2.05) is 12.1 Å². The van der Waals surface area contributed by atoms with Crippen LogP contribution in [0.3, 0.4) is 0 Å². The van der Waals surface area contributed by atoms with Crippen molar-refractivity contribution in [3.63, 3.8) is 0 Å². The number of thiophene rings is 1. The quantitative estimate of drug-likeness (QED) is 0.679. The number of nitriles is 1. The Labute approximate surface area is 90.0 Å². The van der Waals surface area contributed by atoms with E-state index in [4.69, 9.17) is 16.9 Å². The highest BCUT2D eigenvalue weighted by molar-refractivity contribution is 7.83. The van der Waals surface area contributed by atoms with Crippen LogP contribution in [0.5, 0.6) is 0 Å². The van der Waals surface area contributed by atoms with Gasteiger partial charge in [0.05, 0.1) is 14.5 Å². The summed E-state index contributed by atoms with van der Waals surface area (Å²) in [7, 11) is 0. The van der Waals surface area contributed by atoms with Gasteiger partial charge in [-0.15, -0.1) is 24.0 Å². The highest BCUT2D eigenvalue weighted by Gasteiger charge is 2.05. The second-order valence-electron chi connectivity index (χ2n) is 2.57. The first-order valence-corrected chi connectivity index (χ1v) is 5.17. The van der Waals surface area contributed by atoms with Gasteiger partial charge in [-0.2, -0.15) is 5.26 Å². The Bertz CT molecular complexity index is 510. The Morgan fingerprint density at radius 3 is 2.85 bits per heavy atom. The predicted octanol–water partition coefficient (Wildman–Crippen LogP) is 3.72. The highest BCUT2D eigenvalue weighted by Crippen LogP contribution is 2.32. The summed E-state index contributed by atoms with van der Waals surface area (Å²) >= 11 is 11.6. The predicted molar refractivity (Wildman–Crippen MR) is 58.8 cm³/mol. The summed E-state index contributed by atoms with van der Waals surface area (Å²) in [6.07, 6.45) is 0. The molecule has 0 spiro atoms. The minimum Gasteiger partial charge on any atom is -0.192 e. The third-order valence-electron chi connectivity index (χ3n) is 1.69. The first-order chi connectivity index (χ1) is 6.20. The maximum atomic E-state index is 8.84. The molecule has 1 nitrogen and oxygen atoms in total. The van der Waals surface area contributed by atoms with Crippen molar-refractivity contribution in [2.24, 2.45) is 0 Å². The maximum Gasteiger partial charge on any atom is 0.101 e. The summed E-state index contributed by atoms with van der Waals surface area (Å²) < 4.78 is 1.85. The summed E-state index contributed by atoms with van der Waals surface area (Å²) in [6, 6.07) is 7.54. The standard InChI is InChI=1S/C9H4ClNS2/c10-7-1-5-3-8(12)13-9(5)6(2-7)4-11/h1-3,12H. The summed E-state index contributed by atoms with van der Waals surface area (Å²) in [4.78, 5) is 0. The largest absolute Gasteiger partial charge is 0.192 e. The van der Waals surface area contributed by atoms with Gasteiger partial charge in [0, 0.05) is 5.02 Å². The maximum absolute atomic E-state index is 8.84. The van der Waals surface area contributed by atoms with Gasteiger partial charge in [-0.05, 0) is 23.6 Å². The fraction of sp³-hybridized carbons (Fsp3) is 0. The molecule has 64 valence electrons. The highest BCUT2D eigenvalue weighted by atomic mass is 35.5. The number of rotatable bonds is 0. The van der Waals surface area contributed by atoms with Crippen molar-refractivity contribution in [1.82, 2.24) is 0 Å². The molecule has 0 fully saturated rings. The van der Waals surface area contributed by atoms with Crippen LogP contribution in [0.1, 0.15) is 5.56 Å². The van der Waals surface area contributed by atoms with Crippen LogP contribution in [-0.2, 0) is 0 Å². The lowest BCUT2D eigenvalue weighted by Gasteiger charge is -1.93. The molecule has 0 saturated carbocycles. The van der Waals surface area contributed by atoms with E-state index in [0.29, 0.717) is 10.6 Å². The van der Waals surface area contributed by atoms with Crippen molar-refractivity contribution in [3.8, 4) is 6.07 Å². The number of nitrogens with zero attached hydrogens (tertiary/aromatic N) is 1. The topological polar surface area (TPSA) is 23.8 Å². The number of thiol groups is 1. The van der Waals surface area contributed by atoms with Crippen LogP contribution in [0.25, 0.3) is 10.1 Å². The molecular weight excluding hydrogens is 222 g/mol. The molecule has 1 aromatic heterocycles. The lowest BCUT2D eigenvalue weighted by atomic mass is 10.2. The van der Waals surface area contributed by atoms with Gasteiger partial charge >= 0.3 is 0 Å². The van der Waals surface area contributed by atoms with Crippen LogP contribution in [0.2, 0.25) is 5.02 Å². The third-order valence-corrected chi connectivity index (χ3v) is 3.30.